The van der Waals surface area contributed by atoms with Crippen molar-refractivity contribution in [3.63, 3.8) is 0 Å². The summed E-state index contributed by atoms with van der Waals surface area (Å²) in [6.07, 6.45) is 2.67. The molecule has 2 rings (SSSR count). The average Bonchev–Trinajstić information content (AvgIpc) is 2.94. The Morgan fingerprint density at radius 3 is 3.12 bits per heavy atom. The Kier molecular flexibility index (Phi) is 4.49. The third-order valence-corrected chi connectivity index (χ3v) is 4.30. The number of aromatic nitrogens is 4. The first-order chi connectivity index (χ1) is 7.90. The zero-order valence-corrected chi connectivity index (χ0v) is 11.2. The van der Waals surface area contributed by atoms with Crippen LogP contribution in [0.15, 0.2) is 10.7 Å². The molecule has 0 amide bonds. The first kappa shape index (κ1) is 11.7. The second kappa shape index (κ2) is 6.12. The molecule has 0 aliphatic rings. The molecule has 16 heavy (non-hydrogen) atoms. The van der Waals surface area contributed by atoms with Gasteiger partial charge in [-0.25, -0.2) is 4.98 Å². The molecular weight excluding hydrogens is 262 g/mol. The number of thioether (sulfide) groups is 1. The largest absolute Gasteiger partial charge is 0.374 e. The first-order valence-electron chi connectivity index (χ1n) is 4.84. The van der Waals surface area contributed by atoms with Crippen LogP contribution >= 0.6 is 34.8 Å². The van der Waals surface area contributed by atoms with Gasteiger partial charge in [-0.2, -0.15) is 4.37 Å². The fourth-order valence-corrected chi connectivity index (χ4v) is 3.11. The first-order valence-corrected chi connectivity index (χ1v) is 7.38. The minimum absolute atomic E-state index is 0.789. The molecule has 1 N–H and O–H groups in total. The Bertz CT molecular complexity index is 413. The summed E-state index contributed by atoms with van der Waals surface area (Å²) in [6.45, 7) is 3.09. The molecule has 86 valence electrons. The van der Waals surface area contributed by atoms with Gasteiger partial charge in [0.25, 0.3) is 0 Å². The Hall–Kier alpha value is -0.730. The molecule has 0 saturated carbocycles. The van der Waals surface area contributed by atoms with E-state index in [9.17, 15) is 0 Å². The topological polar surface area (TPSA) is 63.6 Å². The molecule has 0 saturated heterocycles. The molecule has 0 aromatic carbocycles. The van der Waals surface area contributed by atoms with Crippen molar-refractivity contribution < 1.29 is 0 Å². The van der Waals surface area contributed by atoms with E-state index in [1.807, 2.05) is 0 Å². The molecule has 0 atom stereocenters. The third-order valence-electron chi connectivity index (χ3n) is 1.76. The van der Waals surface area contributed by atoms with Crippen LogP contribution in [0.3, 0.4) is 0 Å². The standard InChI is InChI=1S/C8H11N5S3/c1-2-3-9-7-6(12-13-15-7)4-14-8-10-5-11-16-8/h5,9H,2-4H2,1H3. The van der Waals surface area contributed by atoms with Crippen LogP contribution in [0.5, 0.6) is 0 Å². The third kappa shape index (κ3) is 3.13. The summed E-state index contributed by atoms with van der Waals surface area (Å²) < 4.78 is 8.88. The molecule has 0 bridgehead atoms. The normalized spacial score (nSPS) is 10.6. The van der Waals surface area contributed by atoms with Gasteiger partial charge in [0, 0.05) is 23.8 Å². The van der Waals surface area contributed by atoms with Crippen molar-refractivity contribution in [3.8, 4) is 0 Å². The quantitative estimate of drug-likeness (QED) is 0.816. The van der Waals surface area contributed by atoms with Gasteiger partial charge >= 0.3 is 0 Å². The molecule has 0 radical (unpaired) electrons. The molecule has 2 heterocycles. The van der Waals surface area contributed by atoms with Crippen molar-refractivity contribution in [2.24, 2.45) is 0 Å². The number of anilines is 1. The van der Waals surface area contributed by atoms with Crippen molar-refractivity contribution in [2.45, 2.75) is 23.4 Å². The van der Waals surface area contributed by atoms with Crippen LogP contribution in [-0.2, 0) is 5.75 Å². The maximum atomic E-state index is 4.11. The molecule has 5 nitrogen and oxygen atoms in total. The maximum Gasteiger partial charge on any atom is 0.170 e. The van der Waals surface area contributed by atoms with E-state index in [1.165, 1.54) is 23.1 Å². The summed E-state index contributed by atoms with van der Waals surface area (Å²) in [6, 6.07) is 0. The van der Waals surface area contributed by atoms with Crippen LogP contribution in [0.2, 0.25) is 0 Å². The Morgan fingerprint density at radius 1 is 1.44 bits per heavy atom. The molecule has 8 heteroatoms. The van der Waals surface area contributed by atoms with Gasteiger partial charge in [0.1, 0.15) is 17.0 Å². The summed E-state index contributed by atoms with van der Waals surface area (Å²) in [7, 11) is 0. The van der Waals surface area contributed by atoms with Gasteiger partial charge in [-0.15, -0.1) is 5.10 Å². The zero-order valence-electron chi connectivity index (χ0n) is 8.71. The average molecular weight is 273 g/mol. The minimum atomic E-state index is 0.789. The Labute approximate surface area is 106 Å². The van der Waals surface area contributed by atoms with Crippen LogP contribution in [0.1, 0.15) is 19.0 Å². The number of nitrogens with zero attached hydrogens (tertiary/aromatic N) is 4. The number of nitrogens with one attached hydrogen (secondary N) is 1. The Balaban J connectivity index is 1.91. The second-order valence-electron chi connectivity index (χ2n) is 2.97. The lowest BCUT2D eigenvalue weighted by Gasteiger charge is -2.01. The van der Waals surface area contributed by atoms with Gasteiger partial charge in [-0.1, -0.05) is 23.2 Å². The van der Waals surface area contributed by atoms with E-state index >= 15 is 0 Å². The van der Waals surface area contributed by atoms with E-state index in [0.29, 0.717) is 0 Å². The van der Waals surface area contributed by atoms with Crippen molar-refractivity contribution >= 4 is 39.8 Å². The van der Waals surface area contributed by atoms with Gasteiger partial charge in [-0.3, -0.25) is 0 Å². The lowest BCUT2D eigenvalue weighted by Crippen LogP contribution is -2.00. The molecule has 0 fully saturated rings. The molecular formula is C8H11N5S3. The van der Waals surface area contributed by atoms with Crippen LogP contribution in [0.25, 0.3) is 0 Å². The van der Waals surface area contributed by atoms with Crippen molar-refractivity contribution in [1.29, 1.82) is 0 Å². The number of rotatable bonds is 6. The van der Waals surface area contributed by atoms with E-state index in [4.69, 9.17) is 0 Å². The molecule has 2 aromatic rings. The fraction of sp³-hybridized carbons (Fsp3) is 0.500. The van der Waals surface area contributed by atoms with Crippen LogP contribution in [0, 0.1) is 0 Å². The van der Waals surface area contributed by atoms with Crippen LogP contribution in [-0.4, -0.2) is 25.5 Å². The predicted octanol–water partition coefficient (Wildman–Crippen LogP) is 2.50. The van der Waals surface area contributed by atoms with Gasteiger partial charge in [-0.05, 0) is 18.0 Å². The summed E-state index contributed by atoms with van der Waals surface area (Å²) >= 11 is 4.46. The van der Waals surface area contributed by atoms with Crippen molar-refractivity contribution in [2.75, 3.05) is 11.9 Å². The van der Waals surface area contributed by atoms with E-state index < -0.39 is 0 Å². The van der Waals surface area contributed by atoms with Crippen LogP contribution < -0.4 is 5.32 Å². The fourth-order valence-electron chi connectivity index (χ4n) is 1.03. The highest BCUT2D eigenvalue weighted by Gasteiger charge is 2.08. The van der Waals surface area contributed by atoms with Gasteiger partial charge in [0.05, 0.1) is 0 Å². The Morgan fingerprint density at radius 2 is 2.38 bits per heavy atom. The highest BCUT2D eigenvalue weighted by Crippen LogP contribution is 2.27. The number of hydrogen-bond acceptors (Lipinski definition) is 8. The lowest BCUT2D eigenvalue weighted by atomic mass is 10.4. The van der Waals surface area contributed by atoms with Crippen molar-refractivity contribution in [3.05, 3.63) is 12.0 Å². The second-order valence-corrected chi connectivity index (χ2v) is 5.73. The van der Waals surface area contributed by atoms with Gasteiger partial charge < -0.3 is 5.32 Å². The van der Waals surface area contributed by atoms with E-state index in [1.54, 1.807) is 18.1 Å². The summed E-state index contributed by atoms with van der Waals surface area (Å²) in [4.78, 5) is 4.11. The predicted molar refractivity (Wildman–Crippen MR) is 68.2 cm³/mol. The highest BCUT2D eigenvalue weighted by atomic mass is 32.2. The number of hydrogen-bond donors (Lipinski definition) is 1. The molecule has 0 unspecified atom stereocenters. The zero-order chi connectivity index (χ0) is 11.2. The summed E-state index contributed by atoms with van der Waals surface area (Å²) in [5.41, 5.74) is 0.999. The molecule has 0 aliphatic carbocycles. The van der Waals surface area contributed by atoms with Crippen LogP contribution in [0.4, 0.5) is 5.00 Å². The molecule has 0 aliphatic heterocycles. The summed E-state index contributed by atoms with van der Waals surface area (Å²) in [5.74, 6) is 0.789. The summed E-state index contributed by atoms with van der Waals surface area (Å²) in [5, 5.41) is 8.50. The highest BCUT2D eigenvalue weighted by molar-refractivity contribution is 8.00. The van der Waals surface area contributed by atoms with E-state index in [2.05, 4.69) is 31.2 Å². The van der Waals surface area contributed by atoms with Crippen molar-refractivity contribution in [1.82, 2.24) is 18.9 Å². The van der Waals surface area contributed by atoms with Gasteiger partial charge in [0.15, 0.2) is 4.34 Å². The van der Waals surface area contributed by atoms with E-state index in [-0.39, 0.29) is 0 Å². The molecule has 2 aromatic heterocycles. The maximum absolute atomic E-state index is 4.11. The lowest BCUT2D eigenvalue weighted by molar-refractivity contribution is 0.976. The SMILES string of the molecule is CCCNc1snnc1CSc1ncns1. The smallest absolute Gasteiger partial charge is 0.170 e. The van der Waals surface area contributed by atoms with E-state index in [0.717, 1.165) is 33.8 Å². The molecule has 0 spiro atoms. The minimum Gasteiger partial charge on any atom is -0.374 e. The van der Waals surface area contributed by atoms with Gasteiger partial charge in [0.2, 0.25) is 0 Å². The monoisotopic (exact) mass is 273 g/mol.